The van der Waals surface area contributed by atoms with Gasteiger partial charge in [0.25, 0.3) is 0 Å². The van der Waals surface area contributed by atoms with Crippen LogP contribution in [0.2, 0.25) is 0 Å². The van der Waals surface area contributed by atoms with Gasteiger partial charge in [-0.05, 0) is 10.7 Å². The van der Waals surface area contributed by atoms with Gasteiger partial charge in [-0.3, -0.25) is 4.21 Å². The molecule has 26 valence electrons. The maximum atomic E-state index is 8.77. The third-order valence-electron chi connectivity index (χ3n) is 0. The minimum Gasteiger partial charge on any atom is -0.760 e. The predicted molar refractivity (Wildman–Crippen MR) is 14.8 cm³/mol. The Hall–Kier alpha value is 0.997. The standard InChI is InChI=1S/ClHO2S.Li/c1-4(2)3;/h(H,2,3);/q;+1/p-1. The molecule has 0 aromatic heterocycles. The fraction of sp³-hybridized carbons (Fsp3) is 0. The fourth-order valence-corrected chi connectivity index (χ4v) is 0. The van der Waals surface area contributed by atoms with Gasteiger partial charge in [-0.2, -0.15) is 0 Å². The number of hydrogen-bond acceptors (Lipinski definition) is 2. The van der Waals surface area contributed by atoms with E-state index in [1.807, 2.05) is 0 Å². The molecule has 0 amide bonds. The molecule has 0 saturated heterocycles. The summed E-state index contributed by atoms with van der Waals surface area (Å²) in [4.78, 5) is 0. The van der Waals surface area contributed by atoms with Crippen molar-refractivity contribution in [1.29, 1.82) is 0 Å². The van der Waals surface area contributed by atoms with Gasteiger partial charge in [-0.15, -0.1) is 0 Å². The van der Waals surface area contributed by atoms with Crippen LogP contribution in [0.1, 0.15) is 0 Å². The van der Waals surface area contributed by atoms with Gasteiger partial charge < -0.3 is 4.55 Å². The maximum absolute atomic E-state index is 8.77. The van der Waals surface area contributed by atoms with Crippen LogP contribution in [0.15, 0.2) is 0 Å². The van der Waals surface area contributed by atoms with Gasteiger partial charge in [0.15, 0.2) is 0 Å². The minimum atomic E-state index is -2.39. The second kappa shape index (κ2) is 5.00. The molecular weight excluding hydrogens is 106 g/mol. The van der Waals surface area contributed by atoms with Crippen molar-refractivity contribution in [3.8, 4) is 0 Å². The van der Waals surface area contributed by atoms with Gasteiger partial charge in [0.2, 0.25) is 0 Å². The first kappa shape index (κ1) is 9.37. The molecule has 1 unspecified atom stereocenters. The van der Waals surface area contributed by atoms with E-state index in [-0.39, 0.29) is 18.9 Å². The van der Waals surface area contributed by atoms with Crippen LogP contribution in [-0.2, 0) is 10.3 Å². The van der Waals surface area contributed by atoms with Crippen LogP contribution in [0.3, 0.4) is 0 Å². The number of halogens is 1. The zero-order valence-corrected chi connectivity index (χ0v) is 4.18. The molecule has 0 rings (SSSR count). The largest absolute Gasteiger partial charge is 1.00 e. The molecular formula is ClLiO2S. The zero-order valence-electron chi connectivity index (χ0n) is 2.60. The number of hydrogen-bond donors (Lipinski definition) is 0. The first-order valence-electron chi connectivity index (χ1n) is 0.488. The summed E-state index contributed by atoms with van der Waals surface area (Å²) in [5.74, 6) is 0. The van der Waals surface area contributed by atoms with E-state index in [0.29, 0.717) is 0 Å². The van der Waals surface area contributed by atoms with Crippen molar-refractivity contribution < 1.29 is 27.6 Å². The van der Waals surface area contributed by atoms with E-state index >= 15 is 0 Å². The molecule has 2 nitrogen and oxygen atoms in total. The Balaban J connectivity index is 0. The summed E-state index contributed by atoms with van der Waals surface area (Å²) in [7, 11) is 1.80. The van der Waals surface area contributed by atoms with Gasteiger partial charge in [-0.25, -0.2) is 0 Å². The van der Waals surface area contributed by atoms with E-state index in [0.717, 1.165) is 0 Å². The Kier molecular flexibility index (Phi) is 9.37. The van der Waals surface area contributed by atoms with Gasteiger partial charge in [0.05, 0.1) is 0 Å². The Bertz CT molecular complexity index is 32.6. The van der Waals surface area contributed by atoms with Crippen molar-refractivity contribution in [1.82, 2.24) is 0 Å². The average Bonchev–Trinajstić information content (AvgIpc) is 0.811. The summed E-state index contributed by atoms with van der Waals surface area (Å²) in [6, 6.07) is 0. The molecule has 5 heavy (non-hydrogen) atoms. The normalized spacial score (nSPS) is 12.4. The molecule has 0 aromatic carbocycles. The van der Waals surface area contributed by atoms with E-state index in [9.17, 15) is 0 Å². The topological polar surface area (TPSA) is 40.1 Å². The monoisotopic (exact) mass is 106 g/mol. The van der Waals surface area contributed by atoms with Crippen molar-refractivity contribution in [2.24, 2.45) is 0 Å². The van der Waals surface area contributed by atoms with Crippen molar-refractivity contribution in [2.75, 3.05) is 0 Å². The summed E-state index contributed by atoms with van der Waals surface area (Å²) >= 11 is 0. The van der Waals surface area contributed by atoms with Crippen LogP contribution < -0.4 is 18.9 Å². The third kappa shape index (κ3) is 45.1. The van der Waals surface area contributed by atoms with Gasteiger partial charge >= 0.3 is 18.9 Å². The van der Waals surface area contributed by atoms with Crippen LogP contribution >= 0.6 is 10.7 Å². The Labute approximate surface area is 48.9 Å². The Morgan fingerprint density at radius 1 is 1.80 bits per heavy atom. The van der Waals surface area contributed by atoms with Crippen molar-refractivity contribution >= 4 is 21.0 Å². The van der Waals surface area contributed by atoms with E-state index in [2.05, 4.69) is 10.7 Å². The maximum Gasteiger partial charge on any atom is 1.00 e. The van der Waals surface area contributed by atoms with Crippen molar-refractivity contribution in [2.45, 2.75) is 0 Å². The summed E-state index contributed by atoms with van der Waals surface area (Å²) < 4.78 is 17.5. The molecule has 0 aliphatic rings. The summed E-state index contributed by atoms with van der Waals surface area (Å²) in [5, 5.41) is 0. The van der Waals surface area contributed by atoms with Crippen LogP contribution in [-0.4, -0.2) is 8.76 Å². The van der Waals surface area contributed by atoms with Crippen molar-refractivity contribution in [3.63, 3.8) is 0 Å². The van der Waals surface area contributed by atoms with Crippen LogP contribution in [0.5, 0.6) is 0 Å². The molecule has 0 aliphatic carbocycles. The molecule has 1 atom stereocenters. The molecule has 0 aliphatic heterocycles. The molecule has 0 aromatic rings. The van der Waals surface area contributed by atoms with Crippen LogP contribution in [0, 0.1) is 0 Å². The molecule has 0 N–H and O–H groups in total. The molecule has 0 heterocycles. The molecule has 0 bridgehead atoms. The first-order valence-corrected chi connectivity index (χ1v) is 2.39. The molecule has 0 spiro atoms. The first-order chi connectivity index (χ1) is 1.73. The second-order valence-corrected chi connectivity index (χ2v) is 1.34. The second-order valence-electron chi connectivity index (χ2n) is 0.194. The van der Waals surface area contributed by atoms with Gasteiger partial charge in [0.1, 0.15) is 0 Å². The third-order valence-corrected chi connectivity index (χ3v) is 0. The molecule has 0 saturated carbocycles. The van der Waals surface area contributed by atoms with Crippen LogP contribution in [0.25, 0.3) is 0 Å². The quantitative estimate of drug-likeness (QED) is 0.188. The van der Waals surface area contributed by atoms with E-state index in [1.54, 1.807) is 0 Å². The van der Waals surface area contributed by atoms with Gasteiger partial charge in [-0.1, -0.05) is 0 Å². The zero-order chi connectivity index (χ0) is 3.58. The van der Waals surface area contributed by atoms with Crippen molar-refractivity contribution in [3.05, 3.63) is 0 Å². The molecule has 0 fully saturated rings. The molecule has 0 radical (unpaired) electrons. The average molecular weight is 106 g/mol. The molecule has 5 heteroatoms. The SMILES string of the molecule is O=S([O-])Cl.[Li+]. The summed E-state index contributed by atoms with van der Waals surface area (Å²) in [6.45, 7) is 0. The fourth-order valence-electron chi connectivity index (χ4n) is 0. The minimum absolute atomic E-state index is 0. The summed E-state index contributed by atoms with van der Waals surface area (Å²) in [6.07, 6.45) is 0. The van der Waals surface area contributed by atoms with E-state index in [4.69, 9.17) is 8.76 Å². The van der Waals surface area contributed by atoms with Crippen LogP contribution in [0.4, 0.5) is 0 Å². The Morgan fingerprint density at radius 2 is 1.80 bits per heavy atom. The van der Waals surface area contributed by atoms with E-state index < -0.39 is 10.3 Å². The van der Waals surface area contributed by atoms with E-state index in [1.165, 1.54) is 0 Å². The number of rotatable bonds is 0. The predicted octanol–water partition coefficient (Wildman–Crippen LogP) is -2.98. The Morgan fingerprint density at radius 3 is 1.80 bits per heavy atom. The van der Waals surface area contributed by atoms with Gasteiger partial charge in [0, 0.05) is 10.3 Å². The summed E-state index contributed by atoms with van der Waals surface area (Å²) in [5.41, 5.74) is 0. The smallest absolute Gasteiger partial charge is 0.760 e.